The number of para-hydroxylation sites is 2. The molecule has 3 heterocycles. The van der Waals surface area contributed by atoms with E-state index in [1.54, 1.807) is 15.4 Å². The van der Waals surface area contributed by atoms with Crippen LogP contribution in [0.15, 0.2) is 78.1 Å². The van der Waals surface area contributed by atoms with Crippen molar-refractivity contribution in [1.29, 1.82) is 0 Å². The predicted molar refractivity (Wildman–Crippen MR) is 130 cm³/mol. The SMILES string of the molecule is CCCCc1cn(-c2c(F)cccc2F)c(=O)n1Cc1ccc(-c2ccccc2-n2cnnn2)nc1. The number of halogens is 2. The summed E-state index contributed by atoms with van der Waals surface area (Å²) in [6.45, 7) is 2.27. The molecule has 182 valence electrons. The van der Waals surface area contributed by atoms with E-state index in [1.807, 2.05) is 43.3 Å². The van der Waals surface area contributed by atoms with Gasteiger partial charge in [0.2, 0.25) is 0 Å². The molecule has 5 rings (SSSR count). The first-order valence-corrected chi connectivity index (χ1v) is 11.6. The van der Waals surface area contributed by atoms with Crippen LogP contribution in [0, 0.1) is 11.6 Å². The number of pyridine rings is 1. The molecule has 0 saturated heterocycles. The Kier molecular flexibility index (Phi) is 6.48. The smallest absolute Gasteiger partial charge is 0.292 e. The van der Waals surface area contributed by atoms with Crippen LogP contribution in [0.25, 0.3) is 22.6 Å². The number of tetrazole rings is 1. The monoisotopic (exact) mass is 487 g/mol. The first-order valence-electron chi connectivity index (χ1n) is 11.6. The van der Waals surface area contributed by atoms with Crippen molar-refractivity contribution in [3.8, 4) is 22.6 Å². The van der Waals surface area contributed by atoms with Gasteiger partial charge in [0.1, 0.15) is 23.6 Å². The lowest BCUT2D eigenvalue weighted by Gasteiger charge is -2.10. The molecule has 10 heteroatoms. The van der Waals surface area contributed by atoms with E-state index in [4.69, 9.17) is 0 Å². The van der Waals surface area contributed by atoms with E-state index in [0.717, 1.165) is 52.0 Å². The molecule has 5 aromatic rings. The molecule has 0 fully saturated rings. The van der Waals surface area contributed by atoms with Crippen molar-refractivity contribution in [2.75, 3.05) is 0 Å². The van der Waals surface area contributed by atoms with Gasteiger partial charge in [0.15, 0.2) is 0 Å². The molecule has 0 unspecified atom stereocenters. The molecule has 0 aliphatic rings. The molecular formula is C26H23F2N7O. The second-order valence-electron chi connectivity index (χ2n) is 8.36. The summed E-state index contributed by atoms with van der Waals surface area (Å²) in [6.07, 6.45) is 7.12. The number of benzene rings is 2. The van der Waals surface area contributed by atoms with Crippen LogP contribution in [0.2, 0.25) is 0 Å². The van der Waals surface area contributed by atoms with Crippen LogP contribution in [0.3, 0.4) is 0 Å². The Bertz CT molecular complexity index is 1520. The van der Waals surface area contributed by atoms with Gasteiger partial charge in [-0.3, -0.25) is 14.1 Å². The third-order valence-corrected chi connectivity index (χ3v) is 5.97. The minimum absolute atomic E-state index is 0.225. The van der Waals surface area contributed by atoms with E-state index >= 15 is 0 Å². The molecule has 0 atom stereocenters. The number of hydrogen-bond donors (Lipinski definition) is 0. The lowest BCUT2D eigenvalue weighted by atomic mass is 10.1. The Morgan fingerprint density at radius 2 is 1.78 bits per heavy atom. The number of nitrogens with zero attached hydrogens (tertiary/aromatic N) is 7. The summed E-state index contributed by atoms with van der Waals surface area (Å²) in [5.41, 5.74) is 2.96. The highest BCUT2D eigenvalue weighted by Crippen LogP contribution is 2.25. The summed E-state index contributed by atoms with van der Waals surface area (Å²) < 4.78 is 33.1. The van der Waals surface area contributed by atoms with Gasteiger partial charge in [-0.05, 0) is 53.1 Å². The summed E-state index contributed by atoms with van der Waals surface area (Å²) in [5.74, 6) is -1.58. The van der Waals surface area contributed by atoms with Crippen molar-refractivity contribution in [3.05, 3.63) is 107 Å². The summed E-state index contributed by atoms with van der Waals surface area (Å²) in [5, 5.41) is 11.4. The second kappa shape index (κ2) is 10.0. The molecule has 0 N–H and O–H groups in total. The maximum atomic E-state index is 14.4. The normalized spacial score (nSPS) is 11.2. The molecule has 0 aliphatic heterocycles. The van der Waals surface area contributed by atoms with Crippen molar-refractivity contribution in [2.45, 2.75) is 32.7 Å². The van der Waals surface area contributed by atoms with E-state index in [-0.39, 0.29) is 12.2 Å². The zero-order valence-electron chi connectivity index (χ0n) is 19.6. The van der Waals surface area contributed by atoms with Gasteiger partial charge in [-0.2, -0.15) is 4.68 Å². The first-order chi connectivity index (χ1) is 17.6. The fourth-order valence-electron chi connectivity index (χ4n) is 4.15. The first kappa shape index (κ1) is 23.3. The van der Waals surface area contributed by atoms with Gasteiger partial charge in [-0.25, -0.2) is 13.6 Å². The van der Waals surface area contributed by atoms with Crippen molar-refractivity contribution < 1.29 is 8.78 Å². The lowest BCUT2D eigenvalue weighted by molar-refractivity contribution is 0.564. The van der Waals surface area contributed by atoms with Crippen molar-refractivity contribution in [2.24, 2.45) is 0 Å². The zero-order chi connectivity index (χ0) is 25.1. The van der Waals surface area contributed by atoms with Crippen molar-refractivity contribution in [1.82, 2.24) is 34.3 Å². The summed E-state index contributed by atoms with van der Waals surface area (Å²) in [4.78, 5) is 17.9. The Labute approximate surface area is 205 Å². The average Bonchev–Trinajstić information content (AvgIpc) is 3.53. The van der Waals surface area contributed by atoms with Gasteiger partial charge in [0, 0.05) is 23.7 Å². The van der Waals surface area contributed by atoms with Crippen LogP contribution in [0.1, 0.15) is 31.0 Å². The largest absolute Gasteiger partial charge is 0.333 e. The molecule has 0 aliphatic carbocycles. The fraction of sp³-hybridized carbons (Fsp3) is 0.192. The molecule has 0 spiro atoms. The summed E-state index contributed by atoms with van der Waals surface area (Å²) >= 11 is 0. The van der Waals surface area contributed by atoms with E-state index in [0.29, 0.717) is 12.1 Å². The summed E-state index contributed by atoms with van der Waals surface area (Å²) in [7, 11) is 0. The van der Waals surface area contributed by atoms with Crippen LogP contribution in [0.5, 0.6) is 0 Å². The van der Waals surface area contributed by atoms with Gasteiger partial charge in [-0.1, -0.05) is 43.7 Å². The molecule has 3 aromatic heterocycles. The fourth-order valence-corrected chi connectivity index (χ4v) is 4.15. The number of rotatable bonds is 8. The van der Waals surface area contributed by atoms with Crippen LogP contribution >= 0.6 is 0 Å². The molecule has 36 heavy (non-hydrogen) atoms. The Morgan fingerprint density at radius 3 is 2.47 bits per heavy atom. The topological polar surface area (TPSA) is 83.4 Å². The van der Waals surface area contributed by atoms with Crippen LogP contribution in [-0.2, 0) is 13.0 Å². The predicted octanol–water partition coefficient (Wildman–Crippen LogP) is 4.35. The van der Waals surface area contributed by atoms with Gasteiger partial charge in [0.25, 0.3) is 0 Å². The van der Waals surface area contributed by atoms with E-state index in [1.165, 1.54) is 18.6 Å². The Balaban J connectivity index is 1.49. The molecule has 0 saturated carbocycles. The summed E-state index contributed by atoms with van der Waals surface area (Å²) in [6, 6.07) is 14.9. The Morgan fingerprint density at radius 1 is 0.972 bits per heavy atom. The lowest BCUT2D eigenvalue weighted by Crippen LogP contribution is -2.25. The van der Waals surface area contributed by atoms with E-state index < -0.39 is 17.3 Å². The molecular weight excluding hydrogens is 464 g/mol. The number of imidazole rings is 1. The van der Waals surface area contributed by atoms with Gasteiger partial charge in [-0.15, -0.1) is 5.10 Å². The molecule has 0 radical (unpaired) electrons. The molecule has 0 bridgehead atoms. The third-order valence-electron chi connectivity index (χ3n) is 5.97. The number of aryl methyl sites for hydroxylation is 1. The maximum absolute atomic E-state index is 14.4. The van der Waals surface area contributed by atoms with Crippen LogP contribution < -0.4 is 5.69 Å². The quantitative estimate of drug-likeness (QED) is 0.325. The standard InChI is InChI=1S/C26H23F2N7O/c1-2-3-7-19-16-34(25-21(27)9-6-10-22(25)28)26(36)33(19)15-18-12-13-23(29-14-18)20-8-4-5-11-24(20)35-17-30-31-32-35/h4-6,8-14,16-17H,2-3,7,15H2,1H3. The highest BCUT2D eigenvalue weighted by atomic mass is 19.1. The Hall–Kier alpha value is -4.47. The van der Waals surface area contributed by atoms with E-state index in [9.17, 15) is 13.6 Å². The van der Waals surface area contributed by atoms with E-state index in [2.05, 4.69) is 20.5 Å². The van der Waals surface area contributed by atoms with Gasteiger partial charge in [0.05, 0.1) is 17.9 Å². The van der Waals surface area contributed by atoms with Crippen LogP contribution in [-0.4, -0.2) is 34.3 Å². The van der Waals surface area contributed by atoms with Crippen LogP contribution in [0.4, 0.5) is 8.78 Å². The minimum Gasteiger partial charge on any atom is -0.292 e. The average molecular weight is 488 g/mol. The molecule has 8 nitrogen and oxygen atoms in total. The third kappa shape index (κ3) is 4.45. The molecule has 0 amide bonds. The van der Waals surface area contributed by atoms with Gasteiger partial charge < -0.3 is 0 Å². The number of unbranched alkanes of at least 4 members (excludes halogenated alkanes) is 1. The van der Waals surface area contributed by atoms with Crippen molar-refractivity contribution in [3.63, 3.8) is 0 Å². The van der Waals surface area contributed by atoms with Crippen molar-refractivity contribution >= 4 is 0 Å². The number of aromatic nitrogens is 7. The number of hydrogen-bond acceptors (Lipinski definition) is 5. The highest BCUT2D eigenvalue weighted by molar-refractivity contribution is 5.69. The minimum atomic E-state index is -0.788. The maximum Gasteiger partial charge on any atom is 0.333 e. The zero-order valence-corrected chi connectivity index (χ0v) is 19.6. The second-order valence-corrected chi connectivity index (χ2v) is 8.36. The molecule has 2 aromatic carbocycles. The van der Waals surface area contributed by atoms with Gasteiger partial charge >= 0.3 is 5.69 Å². The highest BCUT2D eigenvalue weighted by Gasteiger charge is 2.18.